The maximum Gasteiger partial charge on any atom is 0.315 e. The lowest BCUT2D eigenvalue weighted by molar-refractivity contribution is -0.147. The minimum Gasteiger partial charge on any atom is -0.342 e. The van der Waals surface area contributed by atoms with Gasteiger partial charge in [0.1, 0.15) is 21.9 Å². The Morgan fingerprint density at radius 2 is 2.17 bits per heavy atom. The minimum atomic E-state index is -3.22. The average molecular weight is 358 g/mol. The van der Waals surface area contributed by atoms with E-state index in [-0.39, 0.29) is 24.0 Å². The summed E-state index contributed by atoms with van der Waals surface area (Å²) in [6.45, 7) is 4.14. The fourth-order valence-electron chi connectivity index (χ4n) is 2.95. The molecule has 0 aromatic heterocycles. The van der Waals surface area contributed by atoms with Gasteiger partial charge in [-0.15, -0.1) is 6.58 Å². The van der Waals surface area contributed by atoms with Crippen molar-refractivity contribution in [3.05, 3.63) is 12.7 Å². The molecule has 0 aromatic carbocycles. The van der Waals surface area contributed by atoms with Gasteiger partial charge >= 0.3 is 6.03 Å². The van der Waals surface area contributed by atoms with E-state index in [0.717, 1.165) is 6.26 Å². The first-order valence-electron chi connectivity index (χ1n) is 7.67. The summed E-state index contributed by atoms with van der Waals surface area (Å²) in [5.74, 6) is -0.855. The highest BCUT2D eigenvalue weighted by Crippen LogP contribution is 2.24. The number of urea groups is 1. The minimum absolute atomic E-state index is 0.0462. The fraction of sp³-hybridized carbons (Fsp3) is 0.643. The number of sulfone groups is 1. The zero-order valence-electron chi connectivity index (χ0n) is 13.4. The van der Waals surface area contributed by atoms with Crippen molar-refractivity contribution in [1.29, 1.82) is 0 Å². The number of nitrogens with one attached hydrogen (secondary N) is 3. The monoisotopic (exact) mass is 358 g/mol. The van der Waals surface area contributed by atoms with Crippen LogP contribution >= 0.6 is 0 Å². The van der Waals surface area contributed by atoms with Crippen molar-refractivity contribution in [1.82, 2.24) is 20.9 Å². The normalized spacial score (nSPS) is 26.5. The molecule has 2 fully saturated rings. The van der Waals surface area contributed by atoms with Crippen LogP contribution in [0.3, 0.4) is 0 Å². The number of hydrogen-bond acceptors (Lipinski definition) is 5. The van der Waals surface area contributed by atoms with E-state index in [0.29, 0.717) is 19.5 Å². The third-order valence-corrected chi connectivity index (χ3v) is 5.04. The standard InChI is InChI=1S/C14H22N4O5S/c1-3-6-15-14(21)17-9-4-7-18-11(9)12(19)16-10(13(18)20)5-8-24(2,22)23/h3,9-11H,1,4-8H2,2H3,(H,16,19)(H2,15,17,21). The molecule has 2 aliphatic heterocycles. The second-order valence-corrected chi connectivity index (χ2v) is 8.25. The van der Waals surface area contributed by atoms with Gasteiger partial charge in [0.15, 0.2) is 0 Å². The Balaban J connectivity index is 2.00. The van der Waals surface area contributed by atoms with Crippen molar-refractivity contribution >= 4 is 27.7 Å². The lowest BCUT2D eigenvalue weighted by Gasteiger charge is -2.36. The second-order valence-electron chi connectivity index (χ2n) is 5.99. The molecule has 10 heteroatoms. The molecule has 9 nitrogen and oxygen atoms in total. The predicted octanol–water partition coefficient (Wildman–Crippen LogP) is -1.63. The summed E-state index contributed by atoms with van der Waals surface area (Å²) in [6.07, 6.45) is 3.13. The van der Waals surface area contributed by atoms with E-state index >= 15 is 0 Å². The maximum atomic E-state index is 12.4. The van der Waals surface area contributed by atoms with Crippen LogP contribution in [-0.2, 0) is 19.4 Å². The Hall–Kier alpha value is -2.10. The molecule has 2 rings (SSSR count). The zero-order valence-corrected chi connectivity index (χ0v) is 14.3. The summed E-state index contributed by atoms with van der Waals surface area (Å²) in [5.41, 5.74) is 0. The summed E-state index contributed by atoms with van der Waals surface area (Å²) < 4.78 is 22.5. The highest BCUT2D eigenvalue weighted by Gasteiger charge is 2.48. The number of piperazine rings is 1. The van der Waals surface area contributed by atoms with Gasteiger partial charge in [-0.05, 0) is 12.8 Å². The van der Waals surface area contributed by atoms with Crippen molar-refractivity contribution in [2.24, 2.45) is 0 Å². The zero-order chi connectivity index (χ0) is 17.9. The molecule has 0 spiro atoms. The van der Waals surface area contributed by atoms with Gasteiger partial charge in [0.25, 0.3) is 0 Å². The first-order valence-corrected chi connectivity index (χ1v) is 9.73. The summed E-state index contributed by atoms with van der Waals surface area (Å²) in [4.78, 5) is 37.9. The molecular formula is C14H22N4O5S. The van der Waals surface area contributed by atoms with Crippen LogP contribution in [0.15, 0.2) is 12.7 Å². The average Bonchev–Trinajstić information content (AvgIpc) is 2.91. The number of amides is 4. The van der Waals surface area contributed by atoms with E-state index in [1.54, 1.807) is 0 Å². The van der Waals surface area contributed by atoms with Gasteiger partial charge < -0.3 is 20.9 Å². The first-order chi connectivity index (χ1) is 11.2. The highest BCUT2D eigenvalue weighted by molar-refractivity contribution is 7.90. The Kier molecular flexibility index (Phi) is 5.47. The van der Waals surface area contributed by atoms with Crippen LogP contribution in [0.1, 0.15) is 12.8 Å². The van der Waals surface area contributed by atoms with Crippen molar-refractivity contribution in [2.45, 2.75) is 31.0 Å². The summed E-state index contributed by atoms with van der Waals surface area (Å²) in [7, 11) is -3.22. The molecule has 0 aromatic rings. The van der Waals surface area contributed by atoms with Crippen molar-refractivity contribution < 1.29 is 22.8 Å². The number of carbonyl (C=O) groups is 3. The number of rotatable bonds is 6. The van der Waals surface area contributed by atoms with E-state index in [9.17, 15) is 22.8 Å². The van der Waals surface area contributed by atoms with Crippen LogP contribution < -0.4 is 16.0 Å². The van der Waals surface area contributed by atoms with Crippen molar-refractivity contribution in [3.8, 4) is 0 Å². The van der Waals surface area contributed by atoms with E-state index in [2.05, 4.69) is 22.5 Å². The summed E-state index contributed by atoms with van der Waals surface area (Å²) in [5, 5.41) is 7.82. The van der Waals surface area contributed by atoms with Gasteiger partial charge in [-0.3, -0.25) is 9.59 Å². The molecule has 134 valence electrons. The summed E-state index contributed by atoms with van der Waals surface area (Å²) >= 11 is 0. The van der Waals surface area contributed by atoms with Gasteiger partial charge in [0.2, 0.25) is 11.8 Å². The van der Waals surface area contributed by atoms with Crippen LogP contribution in [0.5, 0.6) is 0 Å². The Morgan fingerprint density at radius 1 is 1.46 bits per heavy atom. The van der Waals surface area contributed by atoms with Gasteiger partial charge in [-0.25, -0.2) is 13.2 Å². The molecule has 24 heavy (non-hydrogen) atoms. The smallest absolute Gasteiger partial charge is 0.315 e. The van der Waals surface area contributed by atoms with E-state index < -0.39 is 34.0 Å². The molecule has 0 saturated carbocycles. The van der Waals surface area contributed by atoms with Gasteiger partial charge in [-0.1, -0.05) is 6.08 Å². The predicted molar refractivity (Wildman–Crippen MR) is 86.9 cm³/mol. The molecule has 3 N–H and O–H groups in total. The molecule has 0 radical (unpaired) electrons. The Labute approximate surface area is 140 Å². The van der Waals surface area contributed by atoms with E-state index in [1.807, 2.05) is 0 Å². The van der Waals surface area contributed by atoms with Crippen LogP contribution in [0.4, 0.5) is 4.79 Å². The molecule has 4 amide bonds. The van der Waals surface area contributed by atoms with E-state index in [1.165, 1.54) is 11.0 Å². The molecule has 0 aliphatic carbocycles. The molecule has 3 atom stereocenters. The van der Waals surface area contributed by atoms with Crippen molar-refractivity contribution in [3.63, 3.8) is 0 Å². The Morgan fingerprint density at radius 3 is 2.79 bits per heavy atom. The van der Waals surface area contributed by atoms with Gasteiger partial charge in [0.05, 0.1) is 11.8 Å². The lowest BCUT2D eigenvalue weighted by Crippen LogP contribution is -2.65. The summed E-state index contributed by atoms with van der Waals surface area (Å²) in [6, 6.07) is -2.51. The Bertz CT molecular complexity index is 648. The third-order valence-electron chi connectivity index (χ3n) is 4.06. The first kappa shape index (κ1) is 18.2. The van der Waals surface area contributed by atoms with E-state index in [4.69, 9.17) is 0 Å². The van der Waals surface area contributed by atoms with Crippen LogP contribution in [0.2, 0.25) is 0 Å². The lowest BCUT2D eigenvalue weighted by atomic mass is 10.0. The number of fused-ring (bicyclic) bond motifs is 1. The van der Waals surface area contributed by atoms with Crippen molar-refractivity contribution in [2.75, 3.05) is 25.1 Å². The third kappa shape index (κ3) is 4.25. The topological polar surface area (TPSA) is 125 Å². The molecule has 3 unspecified atom stereocenters. The molecule has 2 heterocycles. The fourth-order valence-corrected chi connectivity index (χ4v) is 3.61. The maximum absolute atomic E-state index is 12.4. The van der Waals surface area contributed by atoms with Crippen LogP contribution in [-0.4, -0.2) is 74.4 Å². The van der Waals surface area contributed by atoms with Crippen LogP contribution in [0, 0.1) is 0 Å². The SMILES string of the molecule is C=CCNC(=O)NC1CCN2C(=O)C(CCS(C)(=O)=O)NC(=O)C12. The molecule has 2 aliphatic rings. The molecule has 2 saturated heterocycles. The van der Waals surface area contributed by atoms with Gasteiger partial charge in [0, 0.05) is 19.3 Å². The molecular weight excluding hydrogens is 336 g/mol. The van der Waals surface area contributed by atoms with Crippen LogP contribution in [0.25, 0.3) is 0 Å². The highest BCUT2D eigenvalue weighted by atomic mass is 32.2. The largest absolute Gasteiger partial charge is 0.342 e. The second kappa shape index (κ2) is 7.20. The molecule has 0 bridgehead atoms. The quantitative estimate of drug-likeness (QED) is 0.492. The van der Waals surface area contributed by atoms with Gasteiger partial charge in [-0.2, -0.15) is 0 Å². The number of carbonyl (C=O) groups excluding carboxylic acids is 3. The number of hydrogen-bond donors (Lipinski definition) is 3. The number of nitrogens with zero attached hydrogens (tertiary/aromatic N) is 1.